The van der Waals surface area contributed by atoms with Crippen molar-refractivity contribution in [2.45, 2.75) is 57.7 Å². The summed E-state index contributed by atoms with van der Waals surface area (Å²) in [6.07, 6.45) is 6.55. The highest BCUT2D eigenvalue weighted by Gasteiger charge is 2.31. The number of aliphatic hydroxyl groups is 2. The maximum atomic E-state index is 10.5. The molecule has 0 amide bonds. The molecule has 1 aromatic heterocycles. The number of hydrogen-bond acceptors (Lipinski definition) is 5. The van der Waals surface area contributed by atoms with Crippen LogP contribution in [-0.4, -0.2) is 44.0 Å². The van der Waals surface area contributed by atoms with Gasteiger partial charge in [0.05, 0.1) is 11.3 Å². The summed E-state index contributed by atoms with van der Waals surface area (Å²) < 4.78 is 1.74. The molecule has 0 saturated heterocycles. The Hall–Kier alpha value is -0.980. The van der Waals surface area contributed by atoms with E-state index in [2.05, 4.69) is 22.6 Å². The van der Waals surface area contributed by atoms with Crippen molar-refractivity contribution in [1.29, 1.82) is 0 Å². The Labute approximate surface area is 120 Å². The van der Waals surface area contributed by atoms with Gasteiger partial charge in [0, 0.05) is 32.4 Å². The zero-order valence-corrected chi connectivity index (χ0v) is 12.3. The second kappa shape index (κ2) is 7.15. The van der Waals surface area contributed by atoms with E-state index >= 15 is 0 Å². The molecule has 1 saturated carbocycles. The molecule has 114 valence electrons. The molecule has 0 radical (unpaired) electrons. The molecule has 1 fully saturated rings. The first kappa shape index (κ1) is 15.4. The highest BCUT2D eigenvalue weighted by Crippen LogP contribution is 2.31. The molecule has 3 N–H and O–H groups in total. The molecule has 2 rings (SSSR count). The predicted octanol–water partition coefficient (Wildman–Crippen LogP) is 0.691. The van der Waals surface area contributed by atoms with Crippen molar-refractivity contribution < 1.29 is 10.2 Å². The van der Waals surface area contributed by atoms with E-state index in [1.165, 1.54) is 0 Å². The number of aromatic nitrogens is 3. The Kier molecular flexibility index (Phi) is 5.51. The van der Waals surface area contributed by atoms with Crippen LogP contribution in [0, 0.1) is 5.92 Å². The molecular weight excluding hydrogens is 256 g/mol. The Morgan fingerprint density at radius 1 is 1.45 bits per heavy atom. The molecule has 0 aliphatic heterocycles. The lowest BCUT2D eigenvalue weighted by atomic mass is 9.79. The molecule has 1 aromatic rings. The summed E-state index contributed by atoms with van der Waals surface area (Å²) in [4.78, 5) is 0. The third-order valence-corrected chi connectivity index (χ3v) is 4.10. The van der Waals surface area contributed by atoms with Crippen molar-refractivity contribution >= 4 is 0 Å². The highest BCUT2D eigenvalue weighted by molar-refractivity contribution is 4.93. The van der Waals surface area contributed by atoms with Crippen molar-refractivity contribution in [2.24, 2.45) is 5.92 Å². The van der Waals surface area contributed by atoms with Gasteiger partial charge in [-0.1, -0.05) is 12.1 Å². The molecule has 6 heteroatoms. The van der Waals surface area contributed by atoms with Crippen LogP contribution in [-0.2, 0) is 13.1 Å². The molecular formula is C14H26N4O2. The van der Waals surface area contributed by atoms with Crippen LogP contribution in [0.25, 0.3) is 0 Å². The molecule has 0 aromatic carbocycles. The molecule has 1 aliphatic rings. The van der Waals surface area contributed by atoms with E-state index in [1.54, 1.807) is 4.68 Å². The normalized spacial score (nSPS) is 26.9. The number of hydrogen-bond donors (Lipinski definition) is 3. The van der Waals surface area contributed by atoms with Crippen LogP contribution in [0.15, 0.2) is 6.20 Å². The largest absolute Gasteiger partial charge is 0.396 e. The third kappa shape index (κ3) is 4.54. The predicted molar refractivity (Wildman–Crippen MR) is 76.0 cm³/mol. The fraction of sp³-hybridized carbons (Fsp3) is 0.857. The van der Waals surface area contributed by atoms with Crippen LogP contribution in [0.4, 0.5) is 0 Å². The SMILES string of the molecule is CC1CCC(O)(CNCc2cn(CCCO)nn2)CC1. The first-order valence-corrected chi connectivity index (χ1v) is 7.54. The summed E-state index contributed by atoms with van der Waals surface area (Å²) in [5.74, 6) is 0.738. The number of aliphatic hydroxyl groups excluding tert-OH is 1. The first-order chi connectivity index (χ1) is 9.61. The Morgan fingerprint density at radius 3 is 2.90 bits per heavy atom. The summed E-state index contributed by atoms with van der Waals surface area (Å²) in [5, 5.41) is 30.6. The summed E-state index contributed by atoms with van der Waals surface area (Å²) in [6.45, 7) is 4.34. The summed E-state index contributed by atoms with van der Waals surface area (Å²) in [7, 11) is 0. The van der Waals surface area contributed by atoms with Crippen molar-refractivity contribution in [1.82, 2.24) is 20.3 Å². The second-order valence-corrected chi connectivity index (χ2v) is 6.06. The average Bonchev–Trinajstić information content (AvgIpc) is 2.88. The van der Waals surface area contributed by atoms with Gasteiger partial charge in [-0.05, 0) is 38.0 Å². The molecule has 0 atom stereocenters. The van der Waals surface area contributed by atoms with E-state index in [-0.39, 0.29) is 6.61 Å². The van der Waals surface area contributed by atoms with Gasteiger partial charge >= 0.3 is 0 Å². The molecule has 6 nitrogen and oxygen atoms in total. The van der Waals surface area contributed by atoms with Crippen LogP contribution in [0.5, 0.6) is 0 Å². The van der Waals surface area contributed by atoms with Crippen molar-refractivity contribution in [2.75, 3.05) is 13.2 Å². The highest BCUT2D eigenvalue weighted by atomic mass is 16.3. The third-order valence-electron chi connectivity index (χ3n) is 4.10. The van der Waals surface area contributed by atoms with Gasteiger partial charge < -0.3 is 15.5 Å². The Balaban J connectivity index is 1.71. The van der Waals surface area contributed by atoms with Crippen molar-refractivity contribution in [3.8, 4) is 0 Å². The average molecular weight is 282 g/mol. The zero-order chi connectivity index (χ0) is 14.4. The quantitative estimate of drug-likeness (QED) is 0.685. The van der Waals surface area contributed by atoms with Crippen LogP contribution < -0.4 is 5.32 Å². The molecule has 0 spiro atoms. The van der Waals surface area contributed by atoms with E-state index in [1.807, 2.05) is 6.20 Å². The van der Waals surface area contributed by atoms with E-state index in [0.29, 0.717) is 26.1 Å². The first-order valence-electron chi connectivity index (χ1n) is 7.54. The lowest BCUT2D eigenvalue weighted by Crippen LogP contribution is -2.43. The maximum absolute atomic E-state index is 10.5. The smallest absolute Gasteiger partial charge is 0.0964 e. The lowest BCUT2D eigenvalue weighted by molar-refractivity contribution is -0.00635. The van der Waals surface area contributed by atoms with Gasteiger partial charge in [-0.2, -0.15) is 0 Å². The fourth-order valence-corrected chi connectivity index (χ4v) is 2.66. The molecule has 1 heterocycles. The van der Waals surface area contributed by atoms with Crippen LogP contribution in [0.2, 0.25) is 0 Å². The van der Waals surface area contributed by atoms with Crippen molar-refractivity contribution in [3.63, 3.8) is 0 Å². The van der Waals surface area contributed by atoms with Crippen LogP contribution in [0.3, 0.4) is 0 Å². The maximum Gasteiger partial charge on any atom is 0.0964 e. The zero-order valence-electron chi connectivity index (χ0n) is 12.3. The van der Waals surface area contributed by atoms with E-state index in [0.717, 1.165) is 37.3 Å². The molecule has 20 heavy (non-hydrogen) atoms. The standard InChI is InChI=1S/C14H26N4O2/c1-12-3-5-14(20,6-4-12)11-15-9-13-10-18(17-16-13)7-2-8-19/h10,12,15,19-20H,2-9,11H2,1H3. The number of nitrogens with one attached hydrogen (secondary N) is 1. The number of aryl methyl sites for hydroxylation is 1. The van der Waals surface area contributed by atoms with Crippen LogP contribution >= 0.6 is 0 Å². The number of rotatable bonds is 7. The molecule has 0 bridgehead atoms. The lowest BCUT2D eigenvalue weighted by Gasteiger charge is -2.35. The van der Waals surface area contributed by atoms with Gasteiger partial charge in [0.15, 0.2) is 0 Å². The summed E-state index contributed by atoms with van der Waals surface area (Å²) in [6, 6.07) is 0. The minimum atomic E-state index is -0.556. The summed E-state index contributed by atoms with van der Waals surface area (Å²) >= 11 is 0. The minimum Gasteiger partial charge on any atom is -0.396 e. The second-order valence-electron chi connectivity index (χ2n) is 6.06. The van der Waals surface area contributed by atoms with Gasteiger partial charge in [0.25, 0.3) is 0 Å². The van der Waals surface area contributed by atoms with Gasteiger partial charge in [0.1, 0.15) is 0 Å². The van der Waals surface area contributed by atoms with Gasteiger partial charge in [-0.3, -0.25) is 4.68 Å². The van der Waals surface area contributed by atoms with E-state index < -0.39 is 5.60 Å². The van der Waals surface area contributed by atoms with E-state index in [4.69, 9.17) is 5.11 Å². The van der Waals surface area contributed by atoms with E-state index in [9.17, 15) is 5.11 Å². The molecule has 1 aliphatic carbocycles. The Morgan fingerprint density at radius 2 is 2.20 bits per heavy atom. The van der Waals surface area contributed by atoms with Crippen molar-refractivity contribution in [3.05, 3.63) is 11.9 Å². The van der Waals surface area contributed by atoms with Gasteiger partial charge in [-0.25, -0.2) is 0 Å². The van der Waals surface area contributed by atoms with Crippen LogP contribution in [0.1, 0.15) is 44.7 Å². The summed E-state index contributed by atoms with van der Waals surface area (Å²) in [5.41, 5.74) is 0.315. The van der Waals surface area contributed by atoms with Gasteiger partial charge in [-0.15, -0.1) is 5.10 Å². The minimum absolute atomic E-state index is 0.166. The number of nitrogens with zero attached hydrogens (tertiary/aromatic N) is 3. The monoisotopic (exact) mass is 282 g/mol. The molecule has 0 unspecified atom stereocenters. The fourth-order valence-electron chi connectivity index (χ4n) is 2.66. The van der Waals surface area contributed by atoms with Gasteiger partial charge in [0.2, 0.25) is 0 Å². The topological polar surface area (TPSA) is 83.2 Å². The Bertz CT molecular complexity index is 400.